The van der Waals surface area contributed by atoms with Crippen LogP contribution in [0.25, 0.3) is 0 Å². The zero-order chi connectivity index (χ0) is 18.1. The first-order valence-electron chi connectivity index (χ1n) is 8.82. The van der Waals surface area contributed by atoms with Gasteiger partial charge in [0.25, 0.3) is 0 Å². The quantitative estimate of drug-likeness (QED) is 0.356. The molecule has 0 aliphatic carbocycles. The van der Waals surface area contributed by atoms with Gasteiger partial charge in [-0.25, -0.2) is 9.38 Å². The first-order chi connectivity index (χ1) is 12.1. The lowest BCUT2D eigenvalue weighted by molar-refractivity contribution is -0.0161. The van der Waals surface area contributed by atoms with Crippen LogP contribution in [0.2, 0.25) is 0 Å². The van der Waals surface area contributed by atoms with Crippen LogP contribution in [0.1, 0.15) is 13.8 Å². The molecule has 2 atom stereocenters. The summed E-state index contributed by atoms with van der Waals surface area (Å²) in [7, 11) is 2.09. The molecule has 26 heavy (non-hydrogen) atoms. The highest BCUT2D eigenvalue weighted by atomic mass is 127. The largest absolute Gasteiger partial charge is 0.486 e. The number of aliphatic imine (C=N–C) groups is 1. The minimum Gasteiger partial charge on any atom is -0.486 e. The van der Waals surface area contributed by atoms with Gasteiger partial charge in [-0.15, -0.1) is 24.0 Å². The minimum absolute atomic E-state index is 0. The second kappa shape index (κ2) is 12.3. The first kappa shape index (κ1) is 22.9. The van der Waals surface area contributed by atoms with Crippen molar-refractivity contribution in [1.82, 2.24) is 15.5 Å². The Balaban J connectivity index is 0.00000338. The summed E-state index contributed by atoms with van der Waals surface area (Å²) in [4.78, 5) is 6.77. The van der Waals surface area contributed by atoms with Crippen LogP contribution < -0.4 is 15.4 Å². The van der Waals surface area contributed by atoms with Crippen molar-refractivity contribution in [3.05, 3.63) is 30.1 Å². The third kappa shape index (κ3) is 8.05. The zero-order valence-electron chi connectivity index (χ0n) is 15.7. The summed E-state index contributed by atoms with van der Waals surface area (Å²) >= 11 is 0. The van der Waals surface area contributed by atoms with Gasteiger partial charge in [0, 0.05) is 26.2 Å². The Labute approximate surface area is 172 Å². The lowest BCUT2D eigenvalue weighted by atomic mass is 10.3. The summed E-state index contributed by atoms with van der Waals surface area (Å²) in [6.07, 6.45) is -0.0842. The molecule has 0 aromatic heterocycles. The van der Waals surface area contributed by atoms with E-state index in [9.17, 15) is 4.39 Å². The van der Waals surface area contributed by atoms with E-state index in [1.54, 1.807) is 18.2 Å². The van der Waals surface area contributed by atoms with Crippen molar-refractivity contribution in [3.63, 3.8) is 0 Å². The molecule has 1 aliphatic heterocycles. The molecule has 1 aromatic rings. The fourth-order valence-electron chi connectivity index (χ4n) is 2.56. The maximum atomic E-state index is 13.6. The average Bonchev–Trinajstić information content (AvgIpc) is 2.59. The minimum atomic E-state index is -0.359. The van der Waals surface area contributed by atoms with Gasteiger partial charge in [0.05, 0.1) is 19.3 Å². The molecule has 2 rings (SSSR count). The van der Waals surface area contributed by atoms with Crippen molar-refractivity contribution in [2.24, 2.45) is 4.99 Å². The summed E-state index contributed by atoms with van der Waals surface area (Å²) in [5, 5.41) is 6.50. The zero-order valence-corrected chi connectivity index (χ0v) is 18.0. The highest BCUT2D eigenvalue weighted by Gasteiger charge is 2.17. The SMILES string of the molecule is CCNC(=NCC(C)Oc1ccccc1F)NCC1CN(C)CCO1.I. The Kier molecular flexibility index (Phi) is 10.8. The lowest BCUT2D eigenvalue weighted by Gasteiger charge is -2.30. The highest BCUT2D eigenvalue weighted by Crippen LogP contribution is 2.16. The van der Waals surface area contributed by atoms with Crippen molar-refractivity contribution in [2.75, 3.05) is 46.4 Å². The number of hydrogen-bond acceptors (Lipinski definition) is 4. The molecule has 2 N–H and O–H groups in total. The normalized spacial score (nSPS) is 19.4. The third-order valence-electron chi connectivity index (χ3n) is 3.85. The van der Waals surface area contributed by atoms with E-state index >= 15 is 0 Å². The number of likely N-dealkylation sites (N-methyl/N-ethyl adjacent to an activating group) is 1. The van der Waals surface area contributed by atoms with Crippen molar-refractivity contribution < 1.29 is 13.9 Å². The van der Waals surface area contributed by atoms with Crippen LogP contribution in [0.5, 0.6) is 5.75 Å². The van der Waals surface area contributed by atoms with E-state index < -0.39 is 0 Å². The highest BCUT2D eigenvalue weighted by molar-refractivity contribution is 14.0. The maximum Gasteiger partial charge on any atom is 0.191 e. The van der Waals surface area contributed by atoms with Crippen LogP contribution in [0, 0.1) is 5.82 Å². The molecule has 1 aliphatic rings. The summed E-state index contributed by atoms with van der Waals surface area (Å²) in [5.41, 5.74) is 0. The summed E-state index contributed by atoms with van der Waals surface area (Å²) in [5.74, 6) is 0.604. The Hall–Kier alpha value is -1.13. The van der Waals surface area contributed by atoms with Crippen molar-refractivity contribution in [3.8, 4) is 5.75 Å². The van der Waals surface area contributed by atoms with Crippen LogP contribution in [-0.2, 0) is 4.74 Å². The fourth-order valence-corrected chi connectivity index (χ4v) is 2.56. The number of morpholine rings is 1. The van der Waals surface area contributed by atoms with E-state index in [1.807, 2.05) is 13.8 Å². The van der Waals surface area contributed by atoms with Crippen molar-refractivity contribution >= 4 is 29.9 Å². The van der Waals surface area contributed by atoms with Crippen LogP contribution in [0.4, 0.5) is 4.39 Å². The first-order valence-corrected chi connectivity index (χ1v) is 8.82. The summed E-state index contributed by atoms with van der Waals surface area (Å²) in [6.45, 7) is 8.40. The topological polar surface area (TPSA) is 58.1 Å². The number of benzene rings is 1. The number of nitrogens with zero attached hydrogens (tertiary/aromatic N) is 2. The van der Waals surface area contributed by atoms with E-state index in [1.165, 1.54) is 6.07 Å². The van der Waals surface area contributed by atoms with Gasteiger partial charge in [-0.05, 0) is 33.0 Å². The molecule has 0 saturated carbocycles. The van der Waals surface area contributed by atoms with Gasteiger partial charge in [-0.3, -0.25) is 0 Å². The van der Waals surface area contributed by atoms with Crippen LogP contribution in [0.3, 0.4) is 0 Å². The monoisotopic (exact) mass is 480 g/mol. The molecular weight excluding hydrogens is 450 g/mol. The number of rotatable bonds is 7. The van der Waals surface area contributed by atoms with E-state index in [0.717, 1.165) is 26.2 Å². The molecule has 0 amide bonds. The average molecular weight is 480 g/mol. The molecule has 0 bridgehead atoms. The maximum absolute atomic E-state index is 13.6. The van der Waals surface area contributed by atoms with E-state index in [4.69, 9.17) is 9.47 Å². The third-order valence-corrected chi connectivity index (χ3v) is 3.85. The Bertz CT molecular complexity index is 562. The summed E-state index contributed by atoms with van der Waals surface area (Å²) < 4.78 is 25.0. The predicted molar refractivity (Wildman–Crippen MR) is 113 cm³/mol. The molecule has 1 heterocycles. The number of para-hydroxylation sites is 1. The molecule has 1 saturated heterocycles. The van der Waals surface area contributed by atoms with E-state index in [0.29, 0.717) is 19.0 Å². The second-order valence-corrected chi connectivity index (χ2v) is 6.21. The smallest absolute Gasteiger partial charge is 0.191 e. The molecule has 1 aromatic carbocycles. The molecule has 148 valence electrons. The number of ether oxygens (including phenoxy) is 2. The van der Waals surface area contributed by atoms with Crippen LogP contribution >= 0.6 is 24.0 Å². The van der Waals surface area contributed by atoms with Crippen LogP contribution in [-0.4, -0.2) is 69.4 Å². The van der Waals surface area contributed by atoms with E-state index in [-0.39, 0.29) is 47.8 Å². The van der Waals surface area contributed by atoms with Gasteiger partial charge < -0.3 is 25.0 Å². The van der Waals surface area contributed by atoms with Gasteiger partial charge in [0.1, 0.15) is 6.10 Å². The molecular formula is C18H30FIN4O2. The van der Waals surface area contributed by atoms with E-state index in [2.05, 4.69) is 27.6 Å². The predicted octanol–water partition coefficient (Wildman–Crippen LogP) is 2.10. The van der Waals surface area contributed by atoms with Crippen molar-refractivity contribution in [2.45, 2.75) is 26.1 Å². The lowest BCUT2D eigenvalue weighted by Crippen LogP contribution is -2.48. The van der Waals surface area contributed by atoms with Gasteiger partial charge >= 0.3 is 0 Å². The van der Waals surface area contributed by atoms with Gasteiger partial charge in [0.15, 0.2) is 17.5 Å². The second-order valence-electron chi connectivity index (χ2n) is 6.21. The Morgan fingerprint density at radius 1 is 1.42 bits per heavy atom. The standard InChI is InChI=1S/C18H29FN4O2.HI/c1-4-20-18(22-12-15-13-23(3)9-10-24-15)21-11-14(2)25-17-8-6-5-7-16(17)19;/h5-8,14-15H,4,9-13H2,1-3H3,(H2,20,21,22);1H. The van der Waals surface area contributed by atoms with Crippen molar-refractivity contribution in [1.29, 1.82) is 0 Å². The molecule has 2 unspecified atom stereocenters. The number of hydrogen-bond donors (Lipinski definition) is 2. The summed E-state index contributed by atoms with van der Waals surface area (Å²) in [6, 6.07) is 6.40. The molecule has 1 fully saturated rings. The number of nitrogens with one attached hydrogen (secondary N) is 2. The molecule has 0 spiro atoms. The Morgan fingerprint density at radius 3 is 2.88 bits per heavy atom. The van der Waals surface area contributed by atoms with Crippen LogP contribution in [0.15, 0.2) is 29.3 Å². The number of halogens is 2. The van der Waals surface area contributed by atoms with Gasteiger partial charge in [-0.2, -0.15) is 0 Å². The van der Waals surface area contributed by atoms with Gasteiger partial charge in [0.2, 0.25) is 0 Å². The fraction of sp³-hybridized carbons (Fsp3) is 0.611. The molecule has 6 nitrogen and oxygen atoms in total. The Morgan fingerprint density at radius 2 is 2.19 bits per heavy atom. The molecule has 8 heteroatoms. The van der Waals surface area contributed by atoms with Gasteiger partial charge in [-0.1, -0.05) is 12.1 Å². The number of guanidine groups is 1. The molecule has 0 radical (unpaired) electrons.